The van der Waals surface area contributed by atoms with E-state index < -0.39 is 152 Å². The molecular weight excluding hydrogens is 1320 g/mol. The highest BCUT2D eigenvalue weighted by atomic mass is 16.6. The van der Waals surface area contributed by atoms with Crippen molar-refractivity contribution >= 4 is 66.5 Å². The Morgan fingerprint density at radius 1 is 0.304 bits per heavy atom. The molecule has 0 fully saturated rings. The van der Waals surface area contributed by atoms with Crippen molar-refractivity contribution in [2.75, 3.05) is 0 Å². The molecule has 1 heterocycles. The van der Waals surface area contributed by atoms with Crippen molar-refractivity contribution in [2.24, 2.45) is 0 Å². The Balaban J connectivity index is 5.06. The molecule has 0 aliphatic carbocycles. The highest BCUT2D eigenvalue weighted by Gasteiger charge is 2.46. The number of unbranched alkanes of at least 4 members (excludes halogenated alkanes) is 1. The molecule has 1 rings (SSSR count). The number of nitrogens with zero attached hydrogens (tertiary/aromatic N) is 4. The minimum absolute atomic E-state index is 0.0624. The SMILES string of the molecule is CC(C)(C)OC(=O)N[C@@H](CCCC[n+]1cc(CC[C@H](C(=O)OC(C)(C)C)N(C(=O)OC(C)(C)C)C(=O)OC(C)(C)C)c(CCC[C@@H](C(=O)OC(C)(C)C)N(C(=O)OC(C)(C)C)C(=O)OC(C)(C)C)c(CC[C@@H](C(=O)OC(C)(C)C)N(C(=O)OC(C)(C)C)C(=O)OC(C)(C)C)c1)C(=O)OC(C)(C)C. The minimum Gasteiger partial charge on any atom is -0.458 e. The van der Waals surface area contributed by atoms with Gasteiger partial charge in [0.25, 0.3) is 0 Å². The number of esters is 4. The van der Waals surface area contributed by atoms with E-state index in [0.29, 0.717) is 37.8 Å². The van der Waals surface area contributed by atoms with Crippen molar-refractivity contribution in [2.45, 2.75) is 385 Å². The number of ether oxygens (including phenoxy) is 11. The van der Waals surface area contributed by atoms with Gasteiger partial charge in [-0.25, -0.2) is 57.3 Å². The number of nitrogens with one attached hydrogen (secondary N) is 1. The number of hydrogen-bond acceptors (Lipinski definition) is 22. The van der Waals surface area contributed by atoms with Crippen LogP contribution in [0.3, 0.4) is 0 Å². The van der Waals surface area contributed by atoms with Gasteiger partial charge >= 0.3 is 66.5 Å². The van der Waals surface area contributed by atoms with Crippen LogP contribution in [0, 0.1) is 0 Å². The molecule has 1 N–H and O–H groups in total. The molecule has 0 unspecified atom stereocenters. The Morgan fingerprint density at radius 3 is 0.804 bits per heavy atom. The van der Waals surface area contributed by atoms with Gasteiger partial charge in [-0.3, -0.25) is 0 Å². The van der Waals surface area contributed by atoms with Crippen LogP contribution in [0.1, 0.15) is 290 Å². The maximum absolute atomic E-state index is 14.9. The summed E-state index contributed by atoms with van der Waals surface area (Å²) in [7, 11) is 0. The van der Waals surface area contributed by atoms with Crippen molar-refractivity contribution < 1.29 is 109 Å². The second-order valence-electron chi connectivity index (χ2n) is 36.4. The van der Waals surface area contributed by atoms with Crippen LogP contribution >= 0.6 is 0 Å². The summed E-state index contributed by atoms with van der Waals surface area (Å²) in [6.07, 6.45) is -5.64. The van der Waals surface area contributed by atoms with Gasteiger partial charge < -0.3 is 57.4 Å². The lowest BCUT2D eigenvalue weighted by molar-refractivity contribution is -0.698. The summed E-state index contributed by atoms with van der Waals surface area (Å²) in [4.78, 5) is 160. The molecule has 102 heavy (non-hydrogen) atoms. The first-order valence-corrected chi connectivity index (χ1v) is 35.1. The number of hydrogen-bond donors (Lipinski definition) is 1. The first-order valence-electron chi connectivity index (χ1n) is 35.1. The van der Waals surface area contributed by atoms with Gasteiger partial charge in [0.2, 0.25) is 0 Å². The summed E-state index contributed by atoms with van der Waals surface area (Å²) in [5.41, 5.74) is -11.3. The number of imide groups is 3. The molecule has 0 aliphatic rings. The van der Waals surface area contributed by atoms with Gasteiger partial charge in [-0.1, -0.05) is 0 Å². The highest BCUT2D eigenvalue weighted by molar-refractivity contribution is 5.96. The van der Waals surface area contributed by atoms with Crippen LogP contribution in [0.5, 0.6) is 0 Å². The maximum atomic E-state index is 14.9. The number of alkyl carbamates (subject to hydrolysis) is 1. The van der Waals surface area contributed by atoms with Crippen molar-refractivity contribution in [3.05, 3.63) is 29.1 Å². The number of aryl methyl sites for hydroxylation is 3. The number of carbonyl (C=O) groups is 11. The molecule has 7 amide bonds. The Hall–Kier alpha value is -7.48. The second kappa shape index (κ2) is 35.8. The number of pyridine rings is 1. The van der Waals surface area contributed by atoms with Crippen LogP contribution in [0.15, 0.2) is 12.4 Å². The number of amides is 7. The average molecular weight is 1450 g/mol. The first-order chi connectivity index (χ1) is 45.4. The van der Waals surface area contributed by atoms with Crippen LogP contribution in [0.2, 0.25) is 0 Å². The average Bonchev–Trinajstić information content (AvgIpc) is 0.809. The Labute approximate surface area is 607 Å². The zero-order valence-corrected chi connectivity index (χ0v) is 68.0. The zero-order valence-electron chi connectivity index (χ0n) is 68.0. The minimum atomic E-state index is -1.76. The van der Waals surface area contributed by atoms with Crippen molar-refractivity contribution in [3.63, 3.8) is 0 Å². The maximum Gasteiger partial charge on any atom is 0.420 e. The molecule has 0 saturated carbocycles. The largest absolute Gasteiger partial charge is 0.458 e. The Kier molecular flexibility index (Phi) is 32.5. The summed E-state index contributed by atoms with van der Waals surface area (Å²) in [6.45, 7) is 53.2. The predicted octanol–water partition coefficient (Wildman–Crippen LogP) is 15.2. The smallest absolute Gasteiger partial charge is 0.420 e. The van der Waals surface area contributed by atoms with Crippen LogP contribution < -0.4 is 9.88 Å². The summed E-state index contributed by atoms with van der Waals surface area (Å²) >= 11 is 0. The summed E-state index contributed by atoms with van der Waals surface area (Å²) < 4.78 is 65.7. The molecule has 4 atom stereocenters. The monoisotopic (exact) mass is 1450 g/mol. The molecule has 0 spiro atoms. The molecule has 0 aromatic carbocycles. The third kappa shape index (κ3) is 38.2. The van der Waals surface area contributed by atoms with Crippen molar-refractivity contribution in [1.29, 1.82) is 0 Å². The highest BCUT2D eigenvalue weighted by Crippen LogP contribution is 2.31. The molecule has 0 radical (unpaired) electrons. The fourth-order valence-corrected chi connectivity index (χ4v) is 9.47. The fourth-order valence-electron chi connectivity index (χ4n) is 9.47. The predicted molar refractivity (Wildman–Crippen MR) is 381 cm³/mol. The number of rotatable bonds is 23. The van der Waals surface area contributed by atoms with E-state index in [0.717, 1.165) is 0 Å². The Bertz CT molecular complexity index is 2860. The van der Waals surface area contributed by atoms with Crippen LogP contribution in [-0.4, -0.2) is 167 Å². The summed E-state index contributed by atoms with van der Waals surface area (Å²) in [5, 5.41) is 2.66. The molecule has 0 saturated heterocycles. The first kappa shape index (κ1) is 92.5. The van der Waals surface area contributed by atoms with E-state index in [1.165, 1.54) is 0 Å². The second-order valence-corrected chi connectivity index (χ2v) is 36.4. The lowest BCUT2D eigenvalue weighted by atomic mass is 9.90. The van der Waals surface area contributed by atoms with Crippen LogP contribution in [0.25, 0.3) is 0 Å². The quantitative estimate of drug-likeness (QED) is 0.0460. The molecule has 1 aromatic rings. The van der Waals surface area contributed by atoms with E-state index in [4.69, 9.17) is 52.1 Å². The summed E-state index contributed by atoms with van der Waals surface area (Å²) in [5.74, 6) is -3.73. The van der Waals surface area contributed by atoms with Crippen LogP contribution in [-0.2, 0) is 97.1 Å². The molecule has 1 aromatic heterocycles. The molecule has 27 nitrogen and oxygen atoms in total. The van der Waals surface area contributed by atoms with Crippen LogP contribution in [0.4, 0.5) is 33.6 Å². The van der Waals surface area contributed by atoms with E-state index in [1.807, 2.05) is 0 Å². The van der Waals surface area contributed by atoms with E-state index in [1.54, 1.807) is 245 Å². The van der Waals surface area contributed by atoms with Gasteiger partial charge in [-0.15, -0.1) is 0 Å². The van der Waals surface area contributed by atoms with Gasteiger partial charge in [0.1, 0.15) is 92.3 Å². The van der Waals surface area contributed by atoms with E-state index in [-0.39, 0.29) is 64.3 Å². The number of aromatic nitrogens is 1. The van der Waals surface area contributed by atoms with Gasteiger partial charge in [0.05, 0.1) is 0 Å². The lowest BCUT2D eigenvalue weighted by Crippen LogP contribution is -2.53. The fraction of sp³-hybridized carbons (Fsp3) is 0.787. The lowest BCUT2D eigenvalue weighted by Gasteiger charge is -2.34. The Morgan fingerprint density at radius 2 is 0.549 bits per heavy atom. The topological polar surface area (TPSA) is 315 Å². The van der Waals surface area contributed by atoms with Gasteiger partial charge in [0, 0.05) is 17.5 Å². The number of carbonyl (C=O) groups excluding carboxylic acids is 11. The van der Waals surface area contributed by atoms with Gasteiger partial charge in [-0.05, 0) is 292 Å². The van der Waals surface area contributed by atoms with E-state index in [2.05, 4.69) is 5.32 Å². The van der Waals surface area contributed by atoms with Gasteiger partial charge in [-0.2, -0.15) is 14.7 Å². The van der Waals surface area contributed by atoms with Gasteiger partial charge in [0.15, 0.2) is 12.4 Å². The summed E-state index contributed by atoms with van der Waals surface area (Å²) in [6, 6.07) is -6.39. The third-order valence-corrected chi connectivity index (χ3v) is 12.8. The molecule has 0 aliphatic heterocycles. The van der Waals surface area contributed by atoms with E-state index in [9.17, 15) is 52.7 Å². The standard InChI is InChI=1S/C75H127N5O22/c1-65(2,3)92-54(81)50(76-58(85)96-69(13,14)15)38-34-35-44-77-45-47(40-42-52(56(83)94-67(7,8)9)79(61(88)99-72(22,23)24)62(89)100-73(25,26)27)49(37-36-39-51(55(82)93-66(4,5)6)78(59(86)97-70(16,17)18)60(87)98-71(19,20)21)48(46-77)41-43-53(57(84)95-68(10,11)12)80(63(90)101-74(28,29)30)64(91)102-75(31,32)33/h45-46,50-53H,34-44H2,1-33H3/p+1/t50-,51-,52-,53+/m0/s1. The normalized spacial score (nSPS) is 14.0. The zero-order chi connectivity index (χ0) is 79.9. The molecular formula is C75H128N5O22+. The van der Waals surface area contributed by atoms with Crippen molar-refractivity contribution in [1.82, 2.24) is 20.0 Å². The molecule has 584 valence electrons. The van der Waals surface area contributed by atoms with E-state index >= 15 is 0 Å². The third-order valence-electron chi connectivity index (χ3n) is 12.8. The molecule has 0 bridgehead atoms. The molecule has 27 heteroatoms. The van der Waals surface area contributed by atoms with Crippen molar-refractivity contribution in [3.8, 4) is 0 Å².